The van der Waals surface area contributed by atoms with Crippen LogP contribution in [0, 0.1) is 18.8 Å². The van der Waals surface area contributed by atoms with E-state index in [4.69, 9.17) is 4.74 Å². The van der Waals surface area contributed by atoms with Crippen molar-refractivity contribution >= 4 is 17.5 Å². The highest BCUT2D eigenvalue weighted by atomic mass is 16.5. The zero-order chi connectivity index (χ0) is 18.7. The van der Waals surface area contributed by atoms with Crippen LogP contribution in [0.2, 0.25) is 0 Å². The molecule has 0 aliphatic carbocycles. The van der Waals surface area contributed by atoms with Gasteiger partial charge in [-0.3, -0.25) is 9.59 Å². The Morgan fingerprint density at radius 2 is 1.96 bits per heavy atom. The van der Waals surface area contributed by atoms with Crippen molar-refractivity contribution in [3.63, 3.8) is 0 Å². The van der Waals surface area contributed by atoms with Crippen molar-refractivity contribution in [2.45, 2.75) is 33.3 Å². The standard InChI is InChI=1S/C20H29N3O3/c1-13-8-14(2)12-23(11-13)20(25)16-5-4-15(3)17(9-16)22-19(24)18-10-21-6-7-26-18/h4-5,9,13-14,18,21H,6-8,10-12H2,1-3H3,(H,22,24). The van der Waals surface area contributed by atoms with Crippen molar-refractivity contribution in [3.05, 3.63) is 29.3 Å². The lowest BCUT2D eigenvalue weighted by molar-refractivity contribution is -0.128. The average molecular weight is 359 g/mol. The van der Waals surface area contributed by atoms with E-state index in [0.29, 0.717) is 36.2 Å². The smallest absolute Gasteiger partial charge is 0.254 e. The largest absolute Gasteiger partial charge is 0.366 e. The van der Waals surface area contributed by atoms with Gasteiger partial charge in [-0.1, -0.05) is 19.9 Å². The minimum absolute atomic E-state index is 0.0366. The lowest BCUT2D eigenvalue weighted by Crippen LogP contribution is -2.45. The van der Waals surface area contributed by atoms with E-state index in [1.54, 1.807) is 6.07 Å². The third kappa shape index (κ3) is 4.43. The molecule has 142 valence electrons. The van der Waals surface area contributed by atoms with E-state index in [1.165, 1.54) is 0 Å². The zero-order valence-corrected chi connectivity index (χ0v) is 15.9. The highest BCUT2D eigenvalue weighted by Gasteiger charge is 2.27. The average Bonchev–Trinajstić information content (AvgIpc) is 2.63. The molecule has 3 unspecified atom stereocenters. The lowest BCUT2D eigenvalue weighted by Gasteiger charge is -2.35. The molecule has 2 heterocycles. The SMILES string of the molecule is Cc1ccc(C(=O)N2CC(C)CC(C)C2)cc1NC(=O)C1CNCCO1. The van der Waals surface area contributed by atoms with Crippen LogP contribution < -0.4 is 10.6 Å². The number of ether oxygens (including phenoxy) is 1. The van der Waals surface area contributed by atoms with Gasteiger partial charge >= 0.3 is 0 Å². The second-order valence-corrected chi connectivity index (χ2v) is 7.74. The van der Waals surface area contributed by atoms with Gasteiger partial charge in [0, 0.05) is 37.4 Å². The number of nitrogens with zero attached hydrogens (tertiary/aromatic N) is 1. The Hall–Kier alpha value is -1.92. The zero-order valence-electron chi connectivity index (χ0n) is 15.9. The van der Waals surface area contributed by atoms with E-state index in [2.05, 4.69) is 24.5 Å². The maximum absolute atomic E-state index is 12.9. The quantitative estimate of drug-likeness (QED) is 0.866. The summed E-state index contributed by atoms with van der Waals surface area (Å²) >= 11 is 0. The minimum atomic E-state index is -0.494. The van der Waals surface area contributed by atoms with Gasteiger partial charge in [0.15, 0.2) is 0 Å². The molecule has 2 saturated heterocycles. The summed E-state index contributed by atoms with van der Waals surface area (Å²) in [7, 11) is 0. The number of aryl methyl sites for hydroxylation is 1. The van der Waals surface area contributed by atoms with Crippen LogP contribution in [0.15, 0.2) is 18.2 Å². The Kier molecular flexibility index (Phi) is 5.94. The molecule has 1 aromatic carbocycles. The van der Waals surface area contributed by atoms with E-state index in [-0.39, 0.29) is 11.8 Å². The molecular formula is C20H29N3O3. The fourth-order valence-corrected chi connectivity index (χ4v) is 3.85. The number of nitrogens with one attached hydrogen (secondary N) is 2. The number of piperidine rings is 1. The molecule has 2 aliphatic rings. The van der Waals surface area contributed by atoms with E-state index in [0.717, 1.165) is 31.6 Å². The van der Waals surface area contributed by atoms with Crippen LogP contribution in [0.3, 0.4) is 0 Å². The van der Waals surface area contributed by atoms with Gasteiger partial charge in [-0.2, -0.15) is 0 Å². The maximum Gasteiger partial charge on any atom is 0.254 e. The Balaban J connectivity index is 1.72. The number of hydrogen-bond acceptors (Lipinski definition) is 4. The van der Waals surface area contributed by atoms with Crippen LogP contribution in [-0.2, 0) is 9.53 Å². The molecule has 2 amide bonds. The number of carbonyl (C=O) groups excluding carboxylic acids is 2. The molecule has 2 N–H and O–H groups in total. The number of likely N-dealkylation sites (tertiary alicyclic amines) is 1. The van der Waals surface area contributed by atoms with Gasteiger partial charge in [-0.15, -0.1) is 0 Å². The Morgan fingerprint density at radius 1 is 1.23 bits per heavy atom. The third-order valence-corrected chi connectivity index (χ3v) is 5.12. The first-order valence-electron chi connectivity index (χ1n) is 9.47. The Labute approximate surface area is 155 Å². The highest BCUT2D eigenvalue weighted by Crippen LogP contribution is 2.24. The van der Waals surface area contributed by atoms with Crippen LogP contribution in [0.4, 0.5) is 5.69 Å². The predicted molar refractivity (Wildman–Crippen MR) is 101 cm³/mol. The van der Waals surface area contributed by atoms with Crippen molar-refractivity contribution in [2.24, 2.45) is 11.8 Å². The molecule has 0 saturated carbocycles. The molecule has 6 heteroatoms. The number of anilines is 1. The van der Waals surface area contributed by atoms with Gasteiger partial charge < -0.3 is 20.3 Å². The summed E-state index contributed by atoms with van der Waals surface area (Å²) in [6.45, 7) is 9.69. The van der Waals surface area contributed by atoms with Crippen LogP contribution in [-0.4, -0.2) is 55.6 Å². The van der Waals surface area contributed by atoms with Gasteiger partial charge in [0.2, 0.25) is 0 Å². The summed E-state index contributed by atoms with van der Waals surface area (Å²) in [6, 6.07) is 5.52. The number of amides is 2. The molecule has 2 fully saturated rings. The van der Waals surface area contributed by atoms with Crippen LogP contribution in [0.25, 0.3) is 0 Å². The van der Waals surface area contributed by atoms with Gasteiger partial charge in [0.25, 0.3) is 11.8 Å². The molecule has 26 heavy (non-hydrogen) atoms. The number of morpholine rings is 1. The summed E-state index contributed by atoms with van der Waals surface area (Å²) in [5, 5.41) is 6.07. The maximum atomic E-state index is 12.9. The predicted octanol–water partition coefficient (Wildman–Crippen LogP) is 2.04. The second kappa shape index (κ2) is 8.18. The van der Waals surface area contributed by atoms with Crippen molar-refractivity contribution in [2.75, 3.05) is 38.1 Å². The summed E-state index contributed by atoms with van der Waals surface area (Å²) in [6.07, 6.45) is 0.667. The summed E-state index contributed by atoms with van der Waals surface area (Å²) in [4.78, 5) is 27.3. The Morgan fingerprint density at radius 3 is 2.62 bits per heavy atom. The third-order valence-electron chi connectivity index (χ3n) is 5.12. The molecular weight excluding hydrogens is 330 g/mol. The lowest BCUT2D eigenvalue weighted by atomic mass is 9.91. The molecule has 0 radical (unpaired) electrons. The normalized spacial score (nSPS) is 26.4. The molecule has 6 nitrogen and oxygen atoms in total. The number of benzene rings is 1. The van der Waals surface area contributed by atoms with E-state index in [9.17, 15) is 9.59 Å². The van der Waals surface area contributed by atoms with Crippen LogP contribution in [0.1, 0.15) is 36.2 Å². The number of rotatable bonds is 3. The van der Waals surface area contributed by atoms with Gasteiger partial charge in [-0.25, -0.2) is 0 Å². The fraction of sp³-hybridized carbons (Fsp3) is 0.600. The molecule has 0 aromatic heterocycles. The van der Waals surface area contributed by atoms with Gasteiger partial charge in [-0.05, 0) is 42.9 Å². The molecule has 0 spiro atoms. The monoisotopic (exact) mass is 359 g/mol. The van der Waals surface area contributed by atoms with E-state index >= 15 is 0 Å². The summed E-state index contributed by atoms with van der Waals surface area (Å²) in [5.41, 5.74) is 2.22. The minimum Gasteiger partial charge on any atom is -0.366 e. The first-order valence-corrected chi connectivity index (χ1v) is 9.47. The van der Waals surface area contributed by atoms with Crippen molar-refractivity contribution in [1.82, 2.24) is 10.2 Å². The molecule has 0 bridgehead atoms. The van der Waals surface area contributed by atoms with Gasteiger partial charge in [0.1, 0.15) is 6.10 Å². The molecule has 1 aromatic rings. The Bertz CT molecular complexity index is 660. The second-order valence-electron chi connectivity index (χ2n) is 7.74. The fourth-order valence-electron chi connectivity index (χ4n) is 3.85. The van der Waals surface area contributed by atoms with Gasteiger partial charge in [0.05, 0.1) is 6.61 Å². The van der Waals surface area contributed by atoms with Crippen molar-refractivity contribution < 1.29 is 14.3 Å². The van der Waals surface area contributed by atoms with E-state index in [1.807, 2.05) is 24.0 Å². The van der Waals surface area contributed by atoms with Crippen LogP contribution in [0.5, 0.6) is 0 Å². The van der Waals surface area contributed by atoms with E-state index < -0.39 is 6.10 Å². The van der Waals surface area contributed by atoms with Crippen molar-refractivity contribution in [1.29, 1.82) is 0 Å². The first-order chi connectivity index (χ1) is 12.4. The molecule has 2 aliphatic heterocycles. The molecule has 3 rings (SSSR count). The van der Waals surface area contributed by atoms with Crippen LogP contribution >= 0.6 is 0 Å². The van der Waals surface area contributed by atoms with Crippen molar-refractivity contribution in [3.8, 4) is 0 Å². The highest BCUT2D eigenvalue weighted by molar-refractivity contribution is 5.99. The first kappa shape index (κ1) is 18.9. The topological polar surface area (TPSA) is 70.7 Å². The summed E-state index contributed by atoms with van der Waals surface area (Å²) < 4.78 is 5.50. The molecule has 3 atom stereocenters. The number of hydrogen-bond donors (Lipinski definition) is 2. The number of carbonyl (C=O) groups is 2. The summed E-state index contributed by atoms with van der Waals surface area (Å²) in [5.74, 6) is 0.895.